The van der Waals surface area contributed by atoms with E-state index in [2.05, 4.69) is 10.2 Å². The third-order valence-electron chi connectivity index (χ3n) is 4.20. The summed E-state index contributed by atoms with van der Waals surface area (Å²) in [6, 6.07) is 5.94. The summed E-state index contributed by atoms with van der Waals surface area (Å²) >= 11 is 0. The van der Waals surface area contributed by atoms with Crippen molar-refractivity contribution in [2.24, 2.45) is 0 Å². The van der Waals surface area contributed by atoms with Gasteiger partial charge in [-0.2, -0.15) is 0 Å². The summed E-state index contributed by atoms with van der Waals surface area (Å²) in [5.41, 5.74) is 1.13. The highest BCUT2D eigenvalue weighted by atomic mass is 16.6. The lowest BCUT2D eigenvalue weighted by Crippen LogP contribution is -2.49. The lowest BCUT2D eigenvalue weighted by atomic mass is 10.1. The molecule has 2 aliphatic rings. The van der Waals surface area contributed by atoms with Gasteiger partial charge in [0.1, 0.15) is 13.2 Å². The molecule has 2 atom stereocenters. The molecule has 0 aliphatic carbocycles. The second-order valence-electron chi connectivity index (χ2n) is 6.53. The normalized spacial score (nSPS) is 23.8. The molecule has 1 aromatic carbocycles. The van der Waals surface area contributed by atoms with Gasteiger partial charge in [0.25, 0.3) is 0 Å². The van der Waals surface area contributed by atoms with E-state index in [9.17, 15) is 4.79 Å². The quantitative estimate of drug-likeness (QED) is 0.877. The summed E-state index contributed by atoms with van der Waals surface area (Å²) in [4.78, 5) is 14.3. The van der Waals surface area contributed by atoms with Gasteiger partial charge in [-0.25, -0.2) is 0 Å². The lowest BCUT2D eigenvalue weighted by Gasteiger charge is -2.34. The van der Waals surface area contributed by atoms with E-state index in [1.54, 1.807) is 0 Å². The van der Waals surface area contributed by atoms with Crippen molar-refractivity contribution in [2.45, 2.75) is 32.5 Å². The van der Waals surface area contributed by atoms with Gasteiger partial charge in [-0.3, -0.25) is 9.69 Å². The predicted molar refractivity (Wildman–Crippen MR) is 90.6 cm³/mol. The molecular formula is C18H26N2O4. The van der Waals surface area contributed by atoms with Gasteiger partial charge in [-0.05, 0) is 38.0 Å². The van der Waals surface area contributed by atoms with Crippen molar-refractivity contribution in [3.8, 4) is 11.5 Å². The highest BCUT2D eigenvalue weighted by Gasteiger charge is 2.23. The number of carbonyl (C=O) groups is 1. The number of hydrogen-bond acceptors (Lipinski definition) is 5. The predicted octanol–water partition coefficient (Wildman–Crippen LogP) is 1.23. The van der Waals surface area contributed by atoms with Crippen LogP contribution in [0.15, 0.2) is 18.2 Å². The first-order valence-corrected chi connectivity index (χ1v) is 8.63. The molecule has 0 unspecified atom stereocenters. The number of carbonyl (C=O) groups excluding carboxylic acids is 1. The number of rotatable bonds is 5. The van der Waals surface area contributed by atoms with Crippen molar-refractivity contribution in [1.82, 2.24) is 10.2 Å². The van der Waals surface area contributed by atoms with Crippen LogP contribution in [0.1, 0.15) is 19.4 Å². The van der Waals surface area contributed by atoms with E-state index in [0.717, 1.165) is 36.6 Å². The summed E-state index contributed by atoms with van der Waals surface area (Å²) < 4.78 is 16.8. The molecule has 0 spiro atoms. The Kier molecular flexibility index (Phi) is 5.58. The zero-order valence-corrected chi connectivity index (χ0v) is 14.4. The highest BCUT2D eigenvalue weighted by molar-refractivity contribution is 5.78. The standard InChI is InChI=1S/C18H26N2O4/c1-13-10-20(11-14(2)24-13)12-18(21)19-6-5-15-3-4-16-17(9-15)23-8-7-22-16/h3-4,9,13-14H,5-8,10-12H2,1-2H3,(H,19,21)/t13-,14-/m1/s1. The first kappa shape index (κ1) is 17.0. The molecule has 1 N–H and O–H groups in total. The van der Waals surface area contributed by atoms with E-state index in [1.807, 2.05) is 32.0 Å². The largest absolute Gasteiger partial charge is 0.486 e. The molecule has 1 fully saturated rings. The summed E-state index contributed by atoms with van der Waals surface area (Å²) in [5, 5.41) is 2.99. The van der Waals surface area contributed by atoms with E-state index < -0.39 is 0 Å². The average Bonchev–Trinajstić information content (AvgIpc) is 2.53. The maximum atomic E-state index is 12.1. The van der Waals surface area contributed by atoms with Crippen molar-refractivity contribution < 1.29 is 19.0 Å². The van der Waals surface area contributed by atoms with Crippen molar-refractivity contribution >= 4 is 5.91 Å². The van der Waals surface area contributed by atoms with Crippen LogP contribution in [0.3, 0.4) is 0 Å². The Morgan fingerprint density at radius 2 is 1.88 bits per heavy atom. The van der Waals surface area contributed by atoms with E-state index in [0.29, 0.717) is 26.3 Å². The third kappa shape index (κ3) is 4.61. The number of ether oxygens (including phenoxy) is 3. The average molecular weight is 334 g/mol. The first-order valence-electron chi connectivity index (χ1n) is 8.63. The molecule has 0 bridgehead atoms. The monoisotopic (exact) mass is 334 g/mol. The fourth-order valence-corrected chi connectivity index (χ4v) is 3.26. The van der Waals surface area contributed by atoms with Gasteiger partial charge >= 0.3 is 0 Å². The molecule has 6 heteroatoms. The van der Waals surface area contributed by atoms with Crippen molar-refractivity contribution in [1.29, 1.82) is 0 Å². The minimum atomic E-state index is 0.0637. The molecule has 2 heterocycles. The van der Waals surface area contributed by atoms with Gasteiger partial charge < -0.3 is 19.5 Å². The Morgan fingerprint density at radius 1 is 1.17 bits per heavy atom. The number of amides is 1. The third-order valence-corrected chi connectivity index (χ3v) is 4.20. The molecule has 2 aliphatic heterocycles. The van der Waals surface area contributed by atoms with Crippen LogP contribution in [0.2, 0.25) is 0 Å². The molecule has 1 amide bonds. The number of nitrogens with zero attached hydrogens (tertiary/aromatic N) is 1. The second-order valence-corrected chi connectivity index (χ2v) is 6.53. The van der Waals surface area contributed by atoms with Gasteiger partial charge in [0.05, 0.1) is 18.8 Å². The SMILES string of the molecule is C[C@@H]1CN(CC(=O)NCCc2ccc3c(c2)OCCO3)C[C@@H](C)O1. The van der Waals surface area contributed by atoms with Gasteiger partial charge in [-0.1, -0.05) is 6.07 Å². The molecule has 24 heavy (non-hydrogen) atoms. The van der Waals surface area contributed by atoms with Crippen LogP contribution < -0.4 is 14.8 Å². The van der Waals surface area contributed by atoms with E-state index in [4.69, 9.17) is 14.2 Å². The van der Waals surface area contributed by atoms with E-state index in [-0.39, 0.29) is 18.1 Å². The lowest BCUT2D eigenvalue weighted by molar-refractivity contribution is -0.125. The highest BCUT2D eigenvalue weighted by Crippen LogP contribution is 2.30. The fraction of sp³-hybridized carbons (Fsp3) is 0.611. The molecule has 0 radical (unpaired) electrons. The molecule has 3 rings (SSSR count). The van der Waals surface area contributed by atoms with E-state index in [1.165, 1.54) is 0 Å². The Labute approximate surface area is 143 Å². The zero-order valence-electron chi connectivity index (χ0n) is 14.4. The summed E-state index contributed by atoms with van der Waals surface area (Å²) in [6.07, 6.45) is 1.14. The molecule has 132 valence electrons. The number of morpholine rings is 1. The van der Waals surface area contributed by atoms with Crippen LogP contribution >= 0.6 is 0 Å². The molecule has 1 aromatic rings. The van der Waals surface area contributed by atoms with Crippen LogP contribution in [-0.2, 0) is 16.0 Å². The van der Waals surface area contributed by atoms with Crippen LogP contribution in [-0.4, -0.2) is 62.4 Å². The molecular weight excluding hydrogens is 308 g/mol. The van der Waals surface area contributed by atoms with Crippen molar-refractivity contribution in [3.05, 3.63) is 23.8 Å². The van der Waals surface area contributed by atoms with Gasteiger partial charge in [-0.15, -0.1) is 0 Å². The first-order chi connectivity index (χ1) is 11.6. The summed E-state index contributed by atoms with van der Waals surface area (Å²) in [7, 11) is 0. The number of hydrogen-bond donors (Lipinski definition) is 1. The number of benzene rings is 1. The van der Waals surface area contributed by atoms with Gasteiger partial charge in [0, 0.05) is 19.6 Å². The Morgan fingerprint density at radius 3 is 2.62 bits per heavy atom. The van der Waals surface area contributed by atoms with Crippen molar-refractivity contribution in [2.75, 3.05) is 39.4 Å². The topological polar surface area (TPSA) is 60.0 Å². The van der Waals surface area contributed by atoms with Crippen LogP contribution in [0.5, 0.6) is 11.5 Å². The Bertz CT molecular complexity index is 568. The summed E-state index contributed by atoms with van der Waals surface area (Å²) in [5.74, 6) is 1.65. The minimum absolute atomic E-state index is 0.0637. The maximum absolute atomic E-state index is 12.1. The minimum Gasteiger partial charge on any atom is -0.486 e. The molecule has 0 saturated carbocycles. The smallest absolute Gasteiger partial charge is 0.234 e. The van der Waals surface area contributed by atoms with Gasteiger partial charge in [0.15, 0.2) is 11.5 Å². The van der Waals surface area contributed by atoms with Crippen LogP contribution in [0.25, 0.3) is 0 Å². The van der Waals surface area contributed by atoms with Crippen LogP contribution in [0, 0.1) is 0 Å². The molecule has 0 aromatic heterocycles. The molecule has 6 nitrogen and oxygen atoms in total. The van der Waals surface area contributed by atoms with Crippen molar-refractivity contribution in [3.63, 3.8) is 0 Å². The van der Waals surface area contributed by atoms with E-state index >= 15 is 0 Å². The summed E-state index contributed by atoms with van der Waals surface area (Å²) in [6.45, 7) is 7.93. The fourth-order valence-electron chi connectivity index (χ4n) is 3.26. The van der Waals surface area contributed by atoms with Gasteiger partial charge in [0.2, 0.25) is 5.91 Å². The Hall–Kier alpha value is -1.79. The zero-order chi connectivity index (χ0) is 16.9. The number of nitrogens with one attached hydrogen (secondary N) is 1. The maximum Gasteiger partial charge on any atom is 0.234 e. The molecule has 1 saturated heterocycles. The van der Waals surface area contributed by atoms with Crippen LogP contribution in [0.4, 0.5) is 0 Å². The number of fused-ring (bicyclic) bond motifs is 1. The second kappa shape index (κ2) is 7.85. The Balaban J connectivity index is 1.42.